The minimum absolute atomic E-state index is 0.0394. The predicted octanol–water partition coefficient (Wildman–Crippen LogP) is 2.64. The second kappa shape index (κ2) is 8.80. The van der Waals surface area contributed by atoms with Crippen LogP contribution in [-0.4, -0.2) is 61.2 Å². The first-order chi connectivity index (χ1) is 16.7. The van der Waals surface area contributed by atoms with E-state index in [1.165, 1.54) is 19.9 Å². The van der Waals surface area contributed by atoms with Gasteiger partial charge in [-0.05, 0) is 32.4 Å². The van der Waals surface area contributed by atoms with Crippen LogP contribution in [0.5, 0.6) is 0 Å². The summed E-state index contributed by atoms with van der Waals surface area (Å²) in [7, 11) is 0. The molecule has 2 fully saturated rings. The minimum Gasteiger partial charge on any atom is -0.382 e. The Hall–Kier alpha value is -3.06. The predicted molar refractivity (Wildman–Crippen MR) is 118 cm³/mol. The molecular weight excluding hydrogens is 493 g/mol. The molecule has 4 rings (SSSR count). The normalized spacial score (nSPS) is 22.2. The van der Waals surface area contributed by atoms with E-state index < -0.39 is 58.1 Å². The molecule has 1 aromatic heterocycles. The van der Waals surface area contributed by atoms with E-state index in [0.29, 0.717) is 13.2 Å². The Morgan fingerprint density at radius 1 is 1.28 bits per heavy atom. The molecule has 1 aromatic carbocycles. The Bertz CT molecular complexity index is 1290. The molecule has 13 heteroatoms. The maximum Gasteiger partial charge on any atom is 0.491 e. The van der Waals surface area contributed by atoms with Crippen molar-refractivity contribution in [1.82, 2.24) is 4.57 Å². The van der Waals surface area contributed by atoms with Gasteiger partial charge in [-0.1, -0.05) is 0 Å². The molecule has 8 nitrogen and oxygen atoms in total. The lowest BCUT2D eigenvalue weighted by molar-refractivity contribution is -0.193. The summed E-state index contributed by atoms with van der Waals surface area (Å²) in [5.41, 5.74) is 1.88. The summed E-state index contributed by atoms with van der Waals surface area (Å²) in [6.45, 7) is 3.29. The van der Waals surface area contributed by atoms with E-state index >= 15 is 4.39 Å². The van der Waals surface area contributed by atoms with Crippen molar-refractivity contribution in [3.05, 3.63) is 39.9 Å². The molecular formula is C23H24F5N3O5. The second-order valence-corrected chi connectivity index (χ2v) is 9.67. The van der Waals surface area contributed by atoms with E-state index in [1.54, 1.807) is 4.90 Å². The Morgan fingerprint density at radius 3 is 2.56 bits per heavy atom. The lowest BCUT2D eigenvalue weighted by Crippen LogP contribution is -2.44. The number of hydrogen-bond donors (Lipinski definition) is 1. The molecule has 2 aliphatic heterocycles. The van der Waals surface area contributed by atoms with Crippen molar-refractivity contribution in [3.8, 4) is 0 Å². The highest BCUT2D eigenvalue weighted by molar-refractivity contribution is 6.00. The number of benzene rings is 1. The first kappa shape index (κ1) is 26.0. The topological polar surface area (TPSA) is 104 Å². The number of anilines is 1. The number of ether oxygens (including phenoxy) is 2. The molecule has 2 unspecified atom stereocenters. The Labute approximate surface area is 201 Å². The number of nitrogens with two attached hydrogens (primary N) is 1. The summed E-state index contributed by atoms with van der Waals surface area (Å²) in [5, 5.41) is -0.393. The number of nitrogens with zero attached hydrogens (tertiary/aromatic N) is 2. The van der Waals surface area contributed by atoms with Gasteiger partial charge in [0.05, 0.1) is 16.7 Å². The summed E-state index contributed by atoms with van der Waals surface area (Å²) in [5.74, 6) is -5.48. The van der Waals surface area contributed by atoms with Crippen LogP contribution in [-0.2, 0) is 19.8 Å². The average molecular weight is 517 g/mol. The van der Waals surface area contributed by atoms with Crippen molar-refractivity contribution in [2.45, 2.75) is 37.6 Å². The fourth-order valence-electron chi connectivity index (χ4n) is 4.83. The van der Waals surface area contributed by atoms with Crippen molar-refractivity contribution in [2.75, 3.05) is 37.8 Å². The lowest BCUT2D eigenvalue weighted by atomic mass is 9.91. The van der Waals surface area contributed by atoms with Gasteiger partial charge in [-0.15, -0.1) is 0 Å². The van der Waals surface area contributed by atoms with Gasteiger partial charge in [0.1, 0.15) is 23.7 Å². The van der Waals surface area contributed by atoms with E-state index in [1.807, 2.05) is 0 Å². The van der Waals surface area contributed by atoms with E-state index in [2.05, 4.69) is 4.74 Å². The number of esters is 2. The number of fused-ring (bicyclic) bond motifs is 2. The number of carbonyl (C=O) groups excluding carboxylic acids is 2. The van der Waals surface area contributed by atoms with Gasteiger partial charge in [0.25, 0.3) is 0 Å². The Kier molecular flexibility index (Phi) is 6.36. The smallest absolute Gasteiger partial charge is 0.382 e. The Balaban J connectivity index is 1.85. The third kappa shape index (κ3) is 4.23. The van der Waals surface area contributed by atoms with Gasteiger partial charge in [-0.25, -0.2) is 18.4 Å². The summed E-state index contributed by atoms with van der Waals surface area (Å²) in [6.07, 6.45) is -3.92. The number of rotatable bonds is 5. The molecule has 2 aromatic rings. The molecule has 3 heterocycles. The number of halogens is 5. The van der Waals surface area contributed by atoms with Gasteiger partial charge in [0.2, 0.25) is 5.43 Å². The summed E-state index contributed by atoms with van der Waals surface area (Å²) >= 11 is 0. The van der Waals surface area contributed by atoms with Crippen molar-refractivity contribution in [1.29, 1.82) is 0 Å². The molecule has 0 saturated carbocycles. The maximum atomic E-state index is 15.3. The summed E-state index contributed by atoms with van der Waals surface area (Å²) in [6, 6.07) is 2.16. The van der Waals surface area contributed by atoms with Gasteiger partial charge in [-0.2, -0.15) is 13.2 Å². The molecule has 2 N–H and O–H groups in total. The minimum atomic E-state index is -5.48. The van der Waals surface area contributed by atoms with Crippen LogP contribution in [0.3, 0.4) is 0 Å². The quantitative estimate of drug-likeness (QED) is 0.370. The third-order valence-corrected chi connectivity index (χ3v) is 6.87. The molecule has 2 aliphatic rings. The monoisotopic (exact) mass is 517 g/mol. The fraction of sp³-hybridized carbons (Fsp3) is 0.522. The zero-order chi connectivity index (χ0) is 26.6. The molecule has 0 amide bonds. The van der Waals surface area contributed by atoms with Gasteiger partial charge in [0.15, 0.2) is 0 Å². The number of aromatic nitrogens is 1. The largest absolute Gasteiger partial charge is 0.491 e. The Morgan fingerprint density at radius 2 is 1.97 bits per heavy atom. The van der Waals surface area contributed by atoms with Crippen molar-refractivity contribution in [2.24, 2.45) is 11.7 Å². The van der Waals surface area contributed by atoms with Crippen molar-refractivity contribution >= 4 is 28.5 Å². The fourth-order valence-corrected chi connectivity index (χ4v) is 4.83. The third-order valence-electron chi connectivity index (χ3n) is 6.87. The number of carbonyl (C=O) groups is 2. The van der Waals surface area contributed by atoms with Crippen LogP contribution in [0.2, 0.25) is 0 Å². The van der Waals surface area contributed by atoms with Crippen LogP contribution in [0, 0.1) is 11.7 Å². The molecule has 2 atom stereocenters. The first-order valence-electron chi connectivity index (χ1n) is 11.1. The van der Waals surface area contributed by atoms with E-state index in [4.69, 9.17) is 10.5 Å². The van der Waals surface area contributed by atoms with E-state index in [-0.39, 0.29) is 30.2 Å². The standard InChI is InChI=1S/C23H24F5N3O5/c1-21(2,9-24)31-8-14(19(33)36-20(34)23(26,27)28)18(32)13-5-15(25)17(6-16(13)31)30-7-12-3-4-35-22(12,10-29)11-30/h5-6,8,12H,3-4,7,9-11,29H2,1-2H3. The molecule has 0 aliphatic carbocycles. The molecule has 0 bridgehead atoms. The SMILES string of the molecule is CC(C)(CF)n1cc(C(=O)OC(=O)C(F)(F)F)c(=O)c2cc(F)c(N3CC4CCOC4(CN)C3)cc21. The lowest BCUT2D eigenvalue weighted by Gasteiger charge is -2.29. The average Bonchev–Trinajstić information content (AvgIpc) is 3.36. The van der Waals surface area contributed by atoms with Crippen molar-refractivity contribution in [3.63, 3.8) is 0 Å². The zero-order valence-corrected chi connectivity index (χ0v) is 19.5. The van der Waals surface area contributed by atoms with Gasteiger partial charge < -0.3 is 24.7 Å². The maximum absolute atomic E-state index is 15.3. The van der Waals surface area contributed by atoms with Gasteiger partial charge >= 0.3 is 18.1 Å². The molecule has 0 radical (unpaired) electrons. The van der Waals surface area contributed by atoms with Gasteiger partial charge in [0, 0.05) is 43.7 Å². The summed E-state index contributed by atoms with van der Waals surface area (Å²) < 4.78 is 77.8. The van der Waals surface area contributed by atoms with Crippen LogP contribution >= 0.6 is 0 Å². The highest BCUT2D eigenvalue weighted by atomic mass is 19.4. The molecule has 36 heavy (non-hydrogen) atoms. The molecule has 196 valence electrons. The van der Waals surface area contributed by atoms with E-state index in [0.717, 1.165) is 23.3 Å². The molecule has 2 saturated heterocycles. The van der Waals surface area contributed by atoms with E-state index in [9.17, 15) is 31.9 Å². The number of pyridine rings is 1. The van der Waals surface area contributed by atoms with Gasteiger partial charge in [-0.3, -0.25) is 4.79 Å². The van der Waals surface area contributed by atoms with Crippen LogP contribution < -0.4 is 16.1 Å². The van der Waals surface area contributed by atoms with Crippen LogP contribution in [0.4, 0.5) is 27.6 Å². The first-order valence-corrected chi connectivity index (χ1v) is 11.1. The molecule has 0 spiro atoms. The highest BCUT2D eigenvalue weighted by Gasteiger charge is 2.50. The van der Waals surface area contributed by atoms with Crippen molar-refractivity contribution < 1.29 is 41.0 Å². The summed E-state index contributed by atoms with van der Waals surface area (Å²) in [4.78, 5) is 38.1. The van der Waals surface area contributed by atoms with Crippen LogP contribution in [0.1, 0.15) is 30.6 Å². The van der Waals surface area contributed by atoms with Crippen LogP contribution in [0.25, 0.3) is 10.9 Å². The number of hydrogen-bond acceptors (Lipinski definition) is 7. The second-order valence-electron chi connectivity index (χ2n) is 9.67. The van der Waals surface area contributed by atoms with Crippen LogP contribution in [0.15, 0.2) is 23.1 Å². The number of alkyl halides is 4. The zero-order valence-electron chi connectivity index (χ0n) is 19.5. The highest BCUT2D eigenvalue weighted by Crippen LogP contribution is 2.41.